The minimum Gasteiger partial charge on any atom is -0.481 e. The van der Waals surface area contributed by atoms with E-state index in [1.54, 1.807) is 0 Å². The van der Waals surface area contributed by atoms with E-state index in [2.05, 4.69) is 35.5 Å². The second-order valence-electron chi connectivity index (χ2n) is 5.79. The molecule has 1 saturated carbocycles. The lowest BCUT2D eigenvalue weighted by atomic mass is 10.2. The van der Waals surface area contributed by atoms with Gasteiger partial charge in [0.1, 0.15) is 0 Å². The first-order valence-electron chi connectivity index (χ1n) is 7.43. The summed E-state index contributed by atoms with van der Waals surface area (Å²) in [6, 6.07) is 6.74. The summed E-state index contributed by atoms with van der Waals surface area (Å²) in [5, 5.41) is 9.77. The number of carboxylic acids is 1. The van der Waals surface area contributed by atoms with E-state index in [4.69, 9.17) is 5.11 Å². The molecule has 1 heterocycles. The lowest BCUT2D eigenvalue weighted by Gasteiger charge is -2.08. The summed E-state index contributed by atoms with van der Waals surface area (Å²) in [6.45, 7) is 4.29. The number of nitrogens with zero attached hydrogens (tertiary/aromatic N) is 2. The van der Waals surface area contributed by atoms with Crippen LogP contribution in [0.3, 0.4) is 0 Å². The molecule has 2 aromatic rings. The molecule has 0 radical (unpaired) electrons. The highest BCUT2D eigenvalue weighted by Crippen LogP contribution is 2.49. The molecule has 1 aromatic carbocycles. The zero-order chi connectivity index (χ0) is 15.0. The molecule has 1 aliphatic rings. The summed E-state index contributed by atoms with van der Waals surface area (Å²) in [5.41, 5.74) is 3.33. The van der Waals surface area contributed by atoms with Crippen molar-refractivity contribution < 1.29 is 9.90 Å². The first kappa shape index (κ1) is 14.4. The van der Waals surface area contributed by atoms with Crippen molar-refractivity contribution in [2.45, 2.75) is 44.3 Å². The largest absolute Gasteiger partial charge is 0.481 e. The summed E-state index contributed by atoms with van der Waals surface area (Å²) in [4.78, 5) is 15.5. The molecular weight excluding hydrogens is 284 g/mol. The first-order chi connectivity index (χ1) is 10.1. The van der Waals surface area contributed by atoms with Crippen LogP contribution < -0.4 is 0 Å². The van der Waals surface area contributed by atoms with Gasteiger partial charge in [-0.1, -0.05) is 31.2 Å². The number of rotatable bonds is 6. The quantitative estimate of drug-likeness (QED) is 0.823. The number of carbonyl (C=O) groups is 1. The van der Waals surface area contributed by atoms with Gasteiger partial charge in [-0.2, -0.15) is 0 Å². The number of thioether (sulfide) groups is 1. The molecule has 1 N–H and O–H groups in total. The van der Waals surface area contributed by atoms with Crippen molar-refractivity contribution in [1.82, 2.24) is 9.55 Å². The maximum atomic E-state index is 10.8. The van der Waals surface area contributed by atoms with E-state index in [0.717, 1.165) is 22.1 Å². The van der Waals surface area contributed by atoms with Gasteiger partial charge in [-0.05, 0) is 43.4 Å². The zero-order valence-corrected chi connectivity index (χ0v) is 13.2. The van der Waals surface area contributed by atoms with E-state index in [9.17, 15) is 4.79 Å². The third-order valence-electron chi connectivity index (χ3n) is 4.01. The minimum atomic E-state index is -0.796. The normalized spacial score (nSPS) is 20.9. The molecule has 0 saturated heterocycles. The van der Waals surface area contributed by atoms with Gasteiger partial charge in [0, 0.05) is 6.04 Å². The maximum Gasteiger partial charge on any atom is 0.313 e. The highest BCUT2D eigenvalue weighted by molar-refractivity contribution is 7.99. The van der Waals surface area contributed by atoms with Gasteiger partial charge in [0.2, 0.25) is 0 Å². The number of hydrogen-bond acceptors (Lipinski definition) is 3. The standard InChI is InChI=1S/C16H20N2O2S/c1-3-4-11-8-13(11)18-14-7-10(2)5-6-12(14)17-16(18)21-9-15(19)20/h5-7,11,13H,3-4,8-9H2,1-2H3,(H,19,20). The van der Waals surface area contributed by atoms with Gasteiger partial charge >= 0.3 is 5.97 Å². The van der Waals surface area contributed by atoms with Gasteiger partial charge in [0.15, 0.2) is 5.16 Å². The van der Waals surface area contributed by atoms with Crippen LogP contribution in [0, 0.1) is 12.8 Å². The lowest BCUT2D eigenvalue weighted by Crippen LogP contribution is -2.03. The van der Waals surface area contributed by atoms with E-state index in [-0.39, 0.29) is 5.75 Å². The number of carboxylic acid groups (broad SMARTS) is 1. The molecule has 3 rings (SSSR count). The van der Waals surface area contributed by atoms with Crippen LogP contribution in [0.4, 0.5) is 0 Å². The van der Waals surface area contributed by atoms with Gasteiger partial charge in [-0.15, -0.1) is 0 Å². The predicted molar refractivity (Wildman–Crippen MR) is 84.9 cm³/mol. The average molecular weight is 304 g/mol. The minimum absolute atomic E-state index is 0.0630. The van der Waals surface area contributed by atoms with Crippen LogP contribution in [-0.4, -0.2) is 26.4 Å². The predicted octanol–water partition coefficient (Wildman–Crippen LogP) is 3.88. The molecule has 1 aromatic heterocycles. The van der Waals surface area contributed by atoms with Gasteiger partial charge < -0.3 is 9.67 Å². The SMILES string of the molecule is CCCC1CC1n1c(SCC(=O)O)nc2ccc(C)cc21. The summed E-state index contributed by atoms with van der Waals surface area (Å²) < 4.78 is 2.27. The second-order valence-corrected chi connectivity index (χ2v) is 6.73. The topological polar surface area (TPSA) is 55.1 Å². The van der Waals surface area contributed by atoms with Crippen LogP contribution in [-0.2, 0) is 4.79 Å². The third kappa shape index (κ3) is 2.93. The fourth-order valence-electron chi connectivity index (χ4n) is 2.96. The van der Waals surface area contributed by atoms with Crippen molar-refractivity contribution >= 4 is 28.8 Å². The first-order valence-corrected chi connectivity index (χ1v) is 8.42. The van der Waals surface area contributed by atoms with Crippen molar-refractivity contribution in [3.05, 3.63) is 23.8 Å². The van der Waals surface area contributed by atoms with Crippen molar-refractivity contribution in [3.63, 3.8) is 0 Å². The number of fused-ring (bicyclic) bond motifs is 1. The molecule has 0 amide bonds. The number of aromatic nitrogens is 2. The Hall–Kier alpha value is -1.49. The van der Waals surface area contributed by atoms with E-state index < -0.39 is 5.97 Å². The molecule has 0 aliphatic heterocycles. The number of aryl methyl sites for hydroxylation is 1. The molecule has 2 unspecified atom stereocenters. The van der Waals surface area contributed by atoms with E-state index in [1.807, 2.05) is 6.07 Å². The summed E-state index contributed by atoms with van der Waals surface area (Å²) in [7, 11) is 0. The Balaban J connectivity index is 1.98. The van der Waals surface area contributed by atoms with Crippen LogP contribution in [0.25, 0.3) is 11.0 Å². The van der Waals surface area contributed by atoms with Crippen molar-refractivity contribution in [2.75, 3.05) is 5.75 Å². The maximum absolute atomic E-state index is 10.8. The van der Waals surface area contributed by atoms with Gasteiger partial charge in [0.25, 0.3) is 0 Å². The van der Waals surface area contributed by atoms with Crippen LogP contribution in [0.5, 0.6) is 0 Å². The lowest BCUT2D eigenvalue weighted by molar-refractivity contribution is -0.133. The average Bonchev–Trinajstić information content (AvgIpc) is 3.09. The smallest absolute Gasteiger partial charge is 0.313 e. The van der Waals surface area contributed by atoms with E-state index in [1.165, 1.54) is 36.6 Å². The highest BCUT2D eigenvalue weighted by atomic mass is 32.2. The van der Waals surface area contributed by atoms with Crippen molar-refractivity contribution in [3.8, 4) is 0 Å². The van der Waals surface area contributed by atoms with Crippen LogP contribution in [0.2, 0.25) is 0 Å². The molecule has 0 bridgehead atoms. The van der Waals surface area contributed by atoms with E-state index >= 15 is 0 Å². The third-order valence-corrected chi connectivity index (χ3v) is 4.95. The highest BCUT2D eigenvalue weighted by Gasteiger charge is 2.39. The molecule has 1 fully saturated rings. The number of benzene rings is 1. The van der Waals surface area contributed by atoms with Crippen LogP contribution >= 0.6 is 11.8 Å². The molecule has 4 nitrogen and oxygen atoms in total. The van der Waals surface area contributed by atoms with Crippen molar-refractivity contribution in [1.29, 1.82) is 0 Å². The molecule has 0 spiro atoms. The molecule has 21 heavy (non-hydrogen) atoms. The number of imidazole rings is 1. The summed E-state index contributed by atoms with van der Waals surface area (Å²) in [6.07, 6.45) is 3.62. The summed E-state index contributed by atoms with van der Waals surface area (Å²) in [5.74, 6) is -0.0132. The van der Waals surface area contributed by atoms with Gasteiger partial charge in [-0.3, -0.25) is 4.79 Å². The number of hydrogen-bond donors (Lipinski definition) is 1. The molecular formula is C16H20N2O2S. The van der Waals surface area contributed by atoms with Gasteiger partial charge in [-0.25, -0.2) is 4.98 Å². The van der Waals surface area contributed by atoms with Crippen molar-refractivity contribution in [2.24, 2.45) is 5.92 Å². The summed E-state index contributed by atoms with van der Waals surface area (Å²) >= 11 is 1.33. The fourth-order valence-corrected chi connectivity index (χ4v) is 3.75. The molecule has 1 aliphatic carbocycles. The Kier molecular flexibility index (Phi) is 3.93. The zero-order valence-electron chi connectivity index (χ0n) is 12.4. The fraction of sp³-hybridized carbons (Fsp3) is 0.500. The van der Waals surface area contributed by atoms with E-state index in [0.29, 0.717) is 6.04 Å². The number of aliphatic carboxylic acids is 1. The Morgan fingerprint density at radius 1 is 1.52 bits per heavy atom. The monoisotopic (exact) mass is 304 g/mol. The van der Waals surface area contributed by atoms with Gasteiger partial charge in [0.05, 0.1) is 16.8 Å². The Bertz CT molecular complexity index is 680. The van der Waals surface area contributed by atoms with Crippen LogP contribution in [0.1, 0.15) is 37.8 Å². The Morgan fingerprint density at radius 2 is 2.33 bits per heavy atom. The molecule has 112 valence electrons. The molecule has 2 atom stereocenters. The van der Waals surface area contributed by atoms with Crippen LogP contribution in [0.15, 0.2) is 23.4 Å². The Labute approximate surface area is 128 Å². The Morgan fingerprint density at radius 3 is 3.05 bits per heavy atom. The second kappa shape index (κ2) is 5.72. The molecule has 5 heteroatoms.